The number of aromatic nitrogens is 3. The maximum Gasteiger partial charge on any atom is 0.320 e. The second-order valence-corrected chi connectivity index (χ2v) is 7.43. The number of rotatable bonds is 7. The third-order valence-electron chi connectivity index (χ3n) is 5.27. The van der Waals surface area contributed by atoms with Gasteiger partial charge in [-0.05, 0) is 49.5 Å². The van der Waals surface area contributed by atoms with Crippen LogP contribution in [0.1, 0.15) is 30.7 Å². The third-order valence-corrected chi connectivity index (χ3v) is 5.27. The first-order valence-corrected chi connectivity index (χ1v) is 9.99. The van der Waals surface area contributed by atoms with Crippen molar-refractivity contribution in [1.29, 1.82) is 0 Å². The summed E-state index contributed by atoms with van der Waals surface area (Å²) in [6.45, 7) is 3.11. The summed E-state index contributed by atoms with van der Waals surface area (Å²) in [6.07, 6.45) is -0.994. The molecule has 1 aliphatic heterocycles. The van der Waals surface area contributed by atoms with Gasteiger partial charge in [0.15, 0.2) is 0 Å². The van der Waals surface area contributed by atoms with Crippen LogP contribution in [0.3, 0.4) is 0 Å². The van der Waals surface area contributed by atoms with Gasteiger partial charge in [0.25, 0.3) is 6.43 Å². The minimum Gasteiger partial charge on any atom is -0.463 e. The molecular formula is C22H23F3N4O. The number of ether oxygens (including phenoxy) is 1. The Balaban J connectivity index is 1.38. The van der Waals surface area contributed by atoms with Crippen LogP contribution in [0.4, 0.5) is 13.2 Å². The smallest absolute Gasteiger partial charge is 0.320 e. The molecule has 0 saturated carbocycles. The van der Waals surface area contributed by atoms with Crippen molar-refractivity contribution >= 4 is 0 Å². The van der Waals surface area contributed by atoms with Gasteiger partial charge in [-0.15, -0.1) is 5.10 Å². The van der Waals surface area contributed by atoms with Crippen LogP contribution in [0.5, 0.6) is 6.01 Å². The standard InChI is InChI=1S/C22H23F3N4O/c23-18-8-4-5-9-19(18)29-22(26-21(27-29)20(24)25)30-15-17-10-12-28(13-11-17)14-16-6-2-1-3-7-16/h1-9,17,20H,10-15H2. The fourth-order valence-corrected chi connectivity index (χ4v) is 3.62. The lowest BCUT2D eigenvalue weighted by Gasteiger charge is -2.31. The molecule has 8 heteroatoms. The molecule has 1 aromatic heterocycles. The molecule has 0 radical (unpaired) electrons. The lowest BCUT2D eigenvalue weighted by atomic mass is 9.97. The molecule has 0 atom stereocenters. The van der Waals surface area contributed by atoms with Gasteiger partial charge < -0.3 is 4.74 Å². The highest BCUT2D eigenvalue weighted by atomic mass is 19.3. The first-order valence-electron chi connectivity index (χ1n) is 9.99. The van der Waals surface area contributed by atoms with E-state index in [4.69, 9.17) is 4.74 Å². The molecule has 158 valence electrons. The van der Waals surface area contributed by atoms with E-state index in [0.29, 0.717) is 6.61 Å². The van der Waals surface area contributed by atoms with Crippen LogP contribution in [0.15, 0.2) is 54.6 Å². The first kappa shape index (κ1) is 20.4. The quantitative estimate of drug-likeness (QED) is 0.563. The van der Waals surface area contributed by atoms with Crippen molar-refractivity contribution in [2.75, 3.05) is 19.7 Å². The Labute approximate surface area is 173 Å². The summed E-state index contributed by atoms with van der Waals surface area (Å²) in [4.78, 5) is 6.18. The van der Waals surface area contributed by atoms with Gasteiger partial charge in [-0.2, -0.15) is 9.67 Å². The van der Waals surface area contributed by atoms with E-state index in [2.05, 4.69) is 27.1 Å². The van der Waals surface area contributed by atoms with E-state index in [1.54, 1.807) is 6.07 Å². The maximum absolute atomic E-state index is 14.1. The number of hydrogen-bond acceptors (Lipinski definition) is 4. The largest absolute Gasteiger partial charge is 0.463 e. The molecule has 0 N–H and O–H groups in total. The van der Waals surface area contributed by atoms with Gasteiger partial charge in [-0.1, -0.05) is 42.5 Å². The van der Waals surface area contributed by atoms with Crippen LogP contribution in [-0.2, 0) is 6.54 Å². The molecule has 1 fully saturated rings. The number of hydrogen-bond donors (Lipinski definition) is 0. The molecule has 0 aliphatic carbocycles. The summed E-state index contributed by atoms with van der Waals surface area (Å²) in [5.41, 5.74) is 1.31. The van der Waals surface area contributed by atoms with Crippen molar-refractivity contribution < 1.29 is 17.9 Å². The third kappa shape index (κ3) is 4.81. The van der Waals surface area contributed by atoms with Crippen molar-refractivity contribution in [3.05, 3.63) is 71.8 Å². The monoisotopic (exact) mass is 416 g/mol. The molecule has 4 rings (SSSR count). The van der Waals surface area contributed by atoms with E-state index in [1.165, 1.54) is 23.8 Å². The van der Waals surface area contributed by atoms with Gasteiger partial charge in [-0.3, -0.25) is 4.90 Å². The molecule has 30 heavy (non-hydrogen) atoms. The zero-order valence-electron chi connectivity index (χ0n) is 16.4. The number of piperidine rings is 1. The van der Waals surface area contributed by atoms with E-state index in [-0.39, 0.29) is 17.6 Å². The van der Waals surface area contributed by atoms with Crippen LogP contribution < -0.4 is 4.74 Å². The number of halogens is 3. The Kier molecular flexibility index (Phi) is 6.32. The van der Waals surface area contributed by atoms with Crippen molar-refractivity contribution in [3.8, 4) is 11.7 Å². The molecule has 1 saturated heterocycles. The number of para-hydroxylation sites is 1. The summed E-state index contributed by atoms with van der Waals surface area (Å²) in [5, 5.41) is 3.75. The van der Waals surface area contributed by atoms with Crippen LogP contribution in [0.2, 0.25) is 0 Å². The van der Waals surface area contributed by atoms with E-state index in [0.717, 1.165) is 37.2 Å². The van der Waals surface area contributed by atoms with Gasteiger partial charge in [-0.25, -0.2) is 13.2 Å². The molecule has 5 nitrogen and oxygen atoms in total. The average molecular weight is 416 g/mol. The Morgan fingerprint density at radius 3 is 2.40 bits per heavy atom. The highest BCUT2D eigenvalue weighted by Gasteiger charge is 2.24. The van der Waals surface area contributed by atoms with E-state index in [9.17, 15) is 13.2 Å². The van der Waals surface area contributed by atoms with Gasteiger partial charge in [0.1, 0.15) is 11.5 Å². The highest BCUT2D eigenvalue weighted by Crippen LogP contribution is 2.25. The number of likely N-dealkylation sites (tertiary alicyclic amines) is 1. The molecule has 2 aromatic carbocycles. The minimum atomic E-state index is -2.86. The van der Waals surface area contributed by atoms with Crippen LogP contribution in [0, 0.1) is 11.7 Å². The number of alkyl halides is 2. The van der Waals surface area contributed by atoms with Gasteiger partial charge in [0.05, 0.1) is 6.61 Å². The average Bonchev–Trinajstić information content (AvgIpc) is 3.19. The van der Waals surface area contributed by atoms with Crippen molar-refractivity contribution in [3.63, 3.8) is 0 Å². The normalized spacial score (nSPS) is 15.6. The molecule has 1 aliphatic rings. The topological polar surface area (TPSA) is 43.2 Å². The van der Waals surface area contributed by atoms with Crippen molar-refractivity contribution in [1.82, 2.24) is 19.7 Å². The van der Waals surface area contributed by atoms with Crippen LogP contribution in [-0.4, -0.2) is 39.4 Å². The van der Waals surface area contributed by atoms with Gasteiger partial charge in [0, 0.05) is 6.54 Å². The highest BCUT2D eigenvalue weighted by molar-refractivity contribution is 5.34. The second-order valence-electron chi connectivity index (χ2n) is 7.43. The van der Waals surface area contributed by atoms with Crippen molar-refractivity contribution in [2.45, 2.75) is 25.8 Å². The Bertz CT molecular complexity index is 956. The fourth-order valence-electron chi connectivity index (χ4n) is 3.62. The van der Waals surface area contributed by atoms with E-state index in [1.807, 2.05) is 18.2 Å². The first-order chi connectivity index (χ1) is 14.6. The zero-order valence-corrected chi connectivity index (χ0v) is 16.4. The summed E-state index contributed by atoms with van der Waals surface area (Å²) in [6, 6.07) is 16.0. The SMILES string of the molecule is Fc1ccccc1-n1nc(C(F)F)nc1OCC1CCN(Cc2ccccc2)CC1. The maximum atomic E-state index is 14.1. The van der Waals surface area contributed by atoms with Crippen LogP contribution >= 0.6 is 0 Å². The van der Waals surface area contributed by atoms with E-state index < -0.39 is 18.1 Å². The van der Waals surface area contributed by atoms with Gasteiger partial charge in [0.2, 0.25) is 5.82 Å². The predicted molar refractivity (Wildman–Crippen MR) is 106 cm³/mol. The molecule has 0 bridgehead atoms. The minimum absolute atomic E-state index is 0.0320. The van der Waals surface area contributed by atoms with E-state index >= 15 is 0 Å². The Hall–Kier alpha value is -2.87. The Morgan fingerprint density at radius 2 is 1.70 bits per heavy atom. The second kappa shape index (κ2) is 9.30. The molecule has 3 aromatic rings. The molecule has 0 unspecified atom stereocenters. The van der Waals surface area contributed by atoms with Crippen LogP contribution in [0.25, 0.3) is 5.69 Å². The predicted octanol–water partition coefficient (Wildman–Crippen LogP) is 4.64. The Morgan fingerprint density at radius 1 is 1.00 bits per heavy atom. The summed E-state index contributed by atoms with van der Waals surface area (Å²) < 4.78 is 47.1. The zero-order chi connectivity index (χ0) is 20.9. The number of benzene rings is 2. The summed E-state index contributed by atoms with van der Waals surface area (Å²) in [5.74, 6) is -0.981. The lowest BCUT2D eigenvalue weighted by Crippen LogP contribution is -2.35. The number of nitrogens with zero attached hydrogens (tertiary/aromatic N) is 4. The van der Waals surface area contributed by atoms with Crippen molar-refractivity contribution in [2.24, 2.45) is 5.92 Å². The molecule has 0 amide bonds. The summed E-state index contributed by atoms with van der Waals surface area (Å²) >= 11 is 0. The fraction of sp³-hybridized carbons (Fsp3) is 0.364. The molecular weight excluding hydrogens is 393 g/mol. The molecule has 2 heterocycles. The van der Waals surface area contributed by atoms with Gasteiger partial charge >= 0.3 is 6.01 Å². The molecule has 0 spiro atoms. The summed E-state index contributed by atoms with van der Waals surface area (Å²) in [7, 11) is 0. The lowest BCUT2D eigenvalue weighted by molar-refractivity contribution is 0.129.